The number of sulfone groups is 1. The first-order valence-electron chi connectivity index (χ1n) is 4.10. The van der Waals surface area contributed by atoms with Crippen molar-refractivity contribution in [2.75, 3.05) is 18.6 Å². The molecule has 0 unspecified atom stereocenters. The van der Waals surface area contributed by atoms with Gasteiger partial charge in [0.15, 0.2) is 10.4 Å². The Kier molecular flexibility index (Phi) is 3.92. The van der Waals surface area contributed by atoms with E-state index in [2.05, 4.69) is 21.2 Å². The second-order valence-electron chi connectivity index (χ2n) is 2.99. The Bertz CT molecular complexity index is 451. The van der Waals surface area contributed by atoms with Gasteiger partial charge in [0.25, 0.3) is 5.91 Å². The summed E-state index contributed by atoms with van der Waals surface area (Å²) in [7, 11) is -3.05. The number of nitrogens with one attached hydrogen (secondary N) is 1. The van der Waals surface area contributed by atoms with E-state index >= 15 is 0 Å². The van der Waals surface area contributed by atoms with Crippen molar-refractivity contribution in [2.45, 2.75) is 0 Å². The highest BCUT2D eigenvalue weighted by atomic mass is 79.9. The smallest absolute Gasteiger partial charge is 0.287 e. The van der Waals surface area contributed by atoms with Gasteiger partial charge in [0, 0.05) is 12.8 Å². The third-order valence-corrected chi connectivity index (χ3v) is 2.93. The van der Waals surface area contributed by atoms with E-state index < -0.39 is 15.7 Å². The standard InChI is InChI=1S/C8H10BrNO4S/c1-15(12,13)5-4-10-8(11)6-2-3-7(9)14-6/h2-3H,4-5H2,1H3,(H,10,11). The van der Waals surface area contributed by atoms with Crippen LogP contribution in [-0.2, 0) is 9.84 Å². The molecule has 84 valence electrons. The lowest BCUT2D eigenvalue weighted by molar-refractivity contribution is 0.0927. The molecular weight excluding hydrogens is 286 g/mol. The van der Waals surface area contributed by atoms with Gasteiger partial charge in [-0.15, -0.1) is 0 Å². The zero-order chi connectivity index (χ0) is 11.5. The van der Waals surface area contributed by atoms with Crippen LogP contribution in [0.4, 0.5) is 0 Å². The van der Waals surface area contributed by atoms with E-state index in [9.17, 15) is 13.2 Å². The number of hydrogen-bond acceptors (Lipinski definition) is 4. The Morgan fingerprint density at radius 2 is 2.20 bits per heavy atom. The van der Waals surface area contributed by atoms with Crippen LogP contribution in [0.15, 0.2) is 21.2 Å². The lowest BCUT2D eigenvalue weighted by Crippen LogP contribution is -2.28. The van der Waals surface area contributed by atoms with Crippen LogP contribution in [0.3, 0.4) is 0 Å². The molecule has 1 aromatic rings. The zero-order valence-corrected chi connectivity index (χ0v) is 10.4. The minimum absolute atomic E-state index is 0.0794. The van der Waals surface area contributed by atoms with E-state index in [1.807, 2.05) is 0 Å². The minimum Gasteiger partial charge on any atom is -0.444 e. The van der Waals surface area contributed by atoms with Crippen LogP contribution >= 0.6 is 15.9 Å². The molecule has 1 rings (SSSR count). The van der Waals surface area contributed by atoms with Crippen LogP contribution in [0, 0.1) is 0 Å². The second kappa shape index (κ2) is 4.80. The number of furan rings is 1. The largest absolute Gasteiger partial charge is 0.444 e. The number of rotatable bonds is 4. The summed E-state index contributed by atoms with van der Waals surface area (Å²) in [6.45, 7) is 0.0794. The predicted molar refractivity (Wildman–Crippen MR) is 58.5 cm³/mol. The number of carbonyl (C=O) groups is 1. The summed E-state index contributed by atoms with van der Waals surface area (Å²) >= 11 is 3.06. The lowest BCUT2D eigenvalue weighted by atomic mass is 10.4. The van der Waals surface area contributed by atoms with Crippen molar-refractivity contribution in [3.8, 4) is 0 Å². The fourth-order valence-corrected chi connectivity index (χ4v) is 1.65. The molecule has 5 nitrogen and oxygen atoms in total. The third-order valence-electron chi connectivity index (χ3n) is 1.56. The Labute approximate surface area is 95.9 Å². The summed E-state index contributed by atoms with van der Waals surface area (Å²) in [5.41, 5.74) is 0. The molecule has 0 saturated carbocycles. The molecule has 1 aromatic heterocycles. The van der Waals surface area contributed by atoms with Gasteiger partial charge in [-0.25, -0.2) is 8.42 Å². The van der Waals surface area contributed by atoms with Crippen molar-refractivity contribution in [3.63, 3.8) is 0 Å². The molecule has 15 heavy (non-hydrogen) atoms. The molecule has 0 atom stereocenters. The molecule has 0 aliphatic rings. The van der Waals surface area contributed by atoms with Crippen molar-refractivity contribution in [1.29, 1.82) is 0 Å². The maximum atomic E-state index is 11.3. The summed E-state index contributed by atoms with van der Waals surface area (Å²) in [6.07, 6.45) is 1.11. The number of halogens is 1. The Morgan fingerprint density at radius 1 is 1.53 bits per heavy atom. The highest BCUT2D eigenvalue weighted by Gasteiger charge is 2.10. The van der Waals surface area contributed by atoms with E-state index in [-0.39, 0.29) is 18.1 Å². The molecule has 0 fully saturated rings. The van der Waals surface area contributed by atoms with Gasteiger partial charge in [-0.05, 0) is 28.1 Å². The van der Waals surface area contributed by atoms with Gasteiger partial charge >= 0.3 is 0 Å². The lowest BCUT2D eigenvalue weighted by Gasteiger charge is -2.01. The van der Waals surface area contributed by atoms with E-state index in [0.29, 0.717) is 4.67 Å². The van der Waals surface area contributed by atoms with Gasteiger partial charge in [-0.2, -0.15) is 0 Å². The van der Waals surface area contributed by atoms with E-state index in [1.165, 1.54) is 6.07 Å². The van der Waals surface area contributed by atoms with Gasteiger partial charge in [-0.3, -0.25) is 4.79 Å². The average molecular weight is 296 g/mol. The second-order valence-corrected chi connectivity index (χ2v) is 6.03. The van der Waals surface area contributed by atoms with Crippen LogP contribution < -0.4 is 5.32 Å². The summed E-state index contributed by atoms with van der Waals surface area (Å²) in [4.78, 5) is 11.3. The molecule has 1 heterocycles. The quantitative estimate of drug-likeness (QED) is 0.892. The van der Waals surface area contributed by atoms with Gasteiger partial charge < -0.3 is 9.73 Å². The highest BCUT2D eigenvalue weighted by molar-refractivity contribution is 9.10. The topological polar surface area (TPSA) is 76.4 Å². The number of hydrogen-bond donors (Lipinski definition) is 1. The molecule has 0 spiro atoms. The highest BCUT2D eigenvalue weighted by Crippen LogP contribution is 2.13. The van der Waals surface area contributed by atoms with Crippen LogP contribution in [-0.4, -0.2) is 32.9 Å². The SMILES string of the molecule is CS(=O)(=O)CCNC(=O)c1ccc(Br)o1. The van der Waals surface area contributed by atoms with E-state index in [4.69, 9.17) is 4.42 Å². The molecule has 0 aliphatic heterocycles. The molecule has 7 heteroatoms. The average Bonchev–Trinajstić information content (AvgIpc) is 2.49. The summed E-state index contributed by atoms with van der Waals surface area (Å²) in [5, 5.41) is 2.44. The monoisotopic (exact) mass is 295 g/mol. The molecule has 0 aromatic carbocycles. The maximum absolute atomic E-state index is 11.3. The van der Waals surface area contributed by atoms with Gasteiger partial charge in [0.2, 0.25) is 0 Å². The van der Waals surface area contributed by atoms with Crippen molar-refractivity contribution >= 4 is 31.7 Å². The van der Waals surface area contributed by atoms with Crippen molar-refractivity contribution < 1.29 is 17.6 Å². The van der Waals surface area contributed by atoms with Gasteiger partial charge in [-0.1, -0.05) is 0 Å². The molecule has 1 amide bonds. The zero-order valence-electron chi connectivity index (χ0n) is 7.99. The first kappa shape index (κ1) is 12.3. The summed E-state index contributed by atoms with van der Waals surface area (Å²) in [6, 6.07) is 3.09. The van der Waals surface area contributed by atoms with Crippen LogP contribution in [0.25, 0.3) is 0 Å². The molecule has 0 radical (unpaired) electrons. The molecule has 0 saturated heterocycles. The molecule has 0 aliphatic carbocycles. The molecular formula is C8H10BrNO4S. The number of carbonyl (C=O) groups excluding carboxylic acids is 1. The van der Waals surface area contributed by atoms with Gasteiger partial charge in [0.1, 0.15) is 9.84 Å². The van der Waals surface area contributed by atoms with Gasteiger partial charge in [0.05, 0.1) is 5.75 Å². The maximum Gasteiger partial charge on any atom is 0.287 e. The Balaban J connectivity index is 2.44. The normalized spacial score (nSPS) is 11.3. The third kappa shape index (κ3) is 4.48. The summed E-state index contributed by atoms with van der Waals surface area (Å²) in [5.74, 6) is -0.361. The van der Waals surface area contributed by atoms with Crippen molar-refractivity contribution in [3.05, 3.63) is 22.6 Å². The van der Waals surface area contributed by atoms with Crippen molar-refractivity contribution in [2.24, 2.45) is 0 Å². The molecule has 1 N–H and O–H groups in total. The van der Waals surface area contributed by atoms with E-state index in [1.54, 1.807) is 6.07 Å². The minimum atomic E-state index is -3.05. The first-order valence-corrected chi connectivity index (χ1v) is 6.95. The van der Waals surface area contributed by atoms with Crippen LogP contribution in [0.2, 0.25) is 0 Å². The van der Waals surface area contributed by atoms with Crippen LogP contribution in [0.5, 0.6) is 0 Å². The Hall–Kier alpha value is -0.820. The van der Waals surface area contributed by atoms with E-state index in [0.717, 1.165) is 6.26 Å². The van der Waals surface area contributed by atoms with Crippen molar-refractivity contribution in [1.82, 2.24) is 5.32 Å². The fraction of sp³-hybridized carbons (Fsp3) is 0.375. The fourth-order valence-electron chi connectivity index (χ4n) is 0.873. The predicted octanol–water partition coefficient (Wildman–Crippen LogP) is 0.816. The molecule has 0 bridgehead atoms. The summed E-state index contributed by atoms with van der Waals surface area (Å²) < 4.78 is 27.0. The Morgan fingerprint density at radius 3 is 2.67 bits per heavy atom. The van der Waals surface area contributed by atoms with Crippen LogP contribution in [0.1, 0.15) is 10.6 Å². The number of amides is 1. The first-order chi connectivity index (χ1) is 6.88.